The third-order valence-corrected chi connectivity index (χ3v) is 6.92. The largest absolute Gasteiger partial charge is 0.478 e. The molecule has 0 bridgehead atoms. The van der Waals surface area contributed by atoms with E-state index >= 15 is 0 Å². The molecule has 1 N–H and O–H groups in total. The minimum atomic E-state index is -4.55. The van der Waals surface area contributed by atoms with Crippen molar-refractivity contribution in [2.45, 2.75) is 17.6 Å². The quantitative estimate of drug-likeness (QED) is 0.652. The number of aromatic nitrogens is 1. The SMILES string of the molecule is CS(=O)(=O)c1ccc(C(=O)O)c(Cl)c1CN1CCN(c2ncc(C(F)(F)F)cc2Cl)CC1. The first-order chi connectivity index (χ1) is 14.8. The van der Waals surface area contributed by atoms with Crippen LogP contribution in [0.2, 0.25) is 10.0 Å². The number of carbonyl (C=O) groups is 1. The summed E-state index contributed by atoms with van der Waals surface area (Å²) in [6.45, 7) is 1.61. The summed E-state index contributed by atoms with van der Waals surface area (Å²) >= 11 is 12.2. The minimum Gasteiger partial charge on any atom is -0.478 e. The molecule has 0 atom stereocenters. The number of halogens is 5. The van der Waals surface area contributed by atoms with Gasteiger partial charge in [0, 0.05) is 50.7 Å². The first-order valence-corrected chi connectivity index (χ1v) is 11.9. The van der Waals surface area contributed by atoms with Gasteiger partial charge in [0.05, 0.1) is 26.1 Å². The number of benzene rings is 1. The molecule has 1 aromatic heterocycles. The number of nitrogens with zero attached hydrogens (tertiary/aromatic N) is 3. The molecular formula is C19H18Cl2F3N3O4S. The molecule has 0 radical (unpaired) electrons. The zero-order valence-electron chi connectivity index (χ0n) is 16.7. The highest BCUT2D eigenvalue weighted by atomic mass is 35.5. The molecule has 174 valence electrons. The van der Waals surface area contributed by atoms with Crippen molar-refractivity contribution in [1.29, 1.82) is 0 Å². The van der Waals surface area contributed by atoms with E-state index in [9.17, 15) is 31.5 Å². The number of alkyl halides is 3. The summed E-state index contributed by atoms with van der Waals surface area (Å²) < 4.78 is 62.8. The number of pyridine rings is 1. The molecule has 7 nitrogen and oxygen atoms in total. The average Bonchev–Trinajstić information content (AvgIpc) is 2.68. The Kier molecular flexibility index (Phi) is 6.94. The number of piperazine rings is 1. The van der Waals surface area contributed by atoms with Crippen LogP contribution in [-0.4, -0.2) is 61.8 Å². The van der Waals surface area contributed by atoms with Crippen molar-refractivity contribution in [1.82, 2.24) is 9.88 Å². The predicted octanol–water partition coefficient (Wildman–Crippen LogP) is 3.83. The number of rotatable bonds is 5. The Morgan fingerprint density at radius 3 is 2.31 bits per heavy atom. The Labute approximate surface area is 192 Å². The highest BCUT2D eigenvalue weighted by Crippen LogP contribution is 2.34. The Morgan fingerprint density at radius 2 is 1.81 bits per heavy atom. The zero-order valence-corrected chi connectivity index (χ0v) is 19.0. The van der Waals surface area contributed by atoms with Gasteiger partial charge in [0.1, 0.15) is 5.82 Å². The highest BCUT2D eigenvalue weighted by Gasteiger charge is 2.32. The monoisotopic (exact) mass is 511 g/mol. The van der Waals surface area contributed by atoms with Crippen molar-refractivity contribution in [2.24, 2.45) is 0 Å². The smallest absolute Gasteiger partial charge is 0.417 e. The maximum Gasteiger partial charge on any atom is 0.417 e. The van der Waals surface area contributed by atoms with E-state index in [-0.39, 0.29) is 38.4 Å². The second kappa shape index (κ2) is 9.05. The fourth-order valence-electron chi connectivity index (χ4n) is 3.42. The lowest BCUT2D eigenvalue weighted by atomic mass is 10.1. The summed E-state index contributed by atoms with van der Waals surface area (Å²) in [5, 5.41) is 9.04. The average molecular weight is 512 g/mol. The Hall–Kier alpha value is -2.08. The van der Waals surface area contributed by atoms with E-state index in [1.165, 1.54) is 6.07 Å². The summed E-state index contributed by atoms with van der Waals surface area (Å²) in [6, 6.07) is 3.20. The number of hydrogen-bond acceptors (Lipinski definition) is 6. The van der Waals surface area contributed by atoms with Gasteiger partial charge in [-0.05, 0) is 18.2 Å². The Bertz CT molecular complexity index is 1150. The molecule has 3 rings (SSSR count). The summed E-state index contributed by atoms with van der Waals surface area (Å²) in [6.07, 6.45) is -2.81. The van der Waals surface area contributed by atoms with Crippen molar-refractivity contribution in [3.63, 3.8) is 0 Å². The van der Waals surface area contributed by atoms with Gasteiger partial charge in [0.2, 0.25) is 0 Å². The molecule has 1 aliphatic heterocycles. The minimum absolute atomic E-state index is 0.0534. The molecule has 0 unspecified atom stereocenters. The first-order valence-electron chi connectivity index (χ1n) is 9.24. The summed E-state index contributed by atoms with van der Waals surface area (Å²) in [4.78, 5) is 18.8. The number of sulfone groups is 1. The van der Waals surface area contributed by atoms with E-state index in [0.717, 1.165) is 24.6 Å². The second-order valence-corrected chi connectivity index (χ2v) is 10.0. The number of carboxylic acid groups (broad SMARTS) is 1. The second-order valence-electron chi connectivity index (χ2n) is 7.27. The zero-order chi connectivity index (χ0) is 23.8. The number of carboxylic acids is 1. The van der Waals surface area contributed by atoms with Crippen LogP contribution in [0.3, 0.4) is 0 Å². The van der Waals surface area contributed by atoms with E-state index in [1.807, 2.05) is 4.90 Å². The molecule has 32 heavy (non-hydrogen) atoms. The normalized spacial score (nSPS) is 15.8. The number of hydrogen-bond donors (Lipinski definition) is 1. The lowest BCUT2D eigenvalue weighted by Crippen LogP contribution is -2.46. The maximum absolute atomic E-state index is 12.8. The van der Waals surface area contributed by atoms with Crippen molar-refractivity contribution in [2.75, 3.05) is 37.3 Å². The van der Waals surface area contributed by atoms with Crippen LogP contribution in [0.4, 0.5) is 19.0 Å². The van der Waals surface area contributed by atoms with Crippen LogP contribution in [0.1, 0.15) is 21.5 Å². The van der Waals surface area contributed by atoms with E-state index in [0.29, 0.717) is 26.2 Å². The molecule has 1 aliphatic rings. The first kappa shape index (κ1) is 24.6. The van der Waals surface area contributed by atoms with E-state index in [1.54, 1.807) is 4.90 Å². The fraction of sp³-hybridized carbons (Fsp3) is 0.368. The lowest BCUT2D eigenvalue weighted by molar-refractivity contribution is -0.137. The summed E-state index contributed by atoms with van der Waals surface area (Å²) in [7, 11) is -3.66. The van der Waals surface area contributed by atoms with Crippen LogP contribution >= 0.6 is 23.2 Å². The molecule has 1 fully saturated rings. The molecular weight excluding hydrogens is 494 g/mol. The van der Waals surface area contributed by atoms with E-state index in [2.05, 4.69) is 4.98 Å². The molecule has 2 aromatic rings. The molecule has 0 amide bonds. The van der Waals surface area contributed by atoms with Gasteiger partial charge in [-0.1, -0.05) is 23.2 Å². The van der Waals surface area contributed by atoms with Gasteiger partial charge in [0.15, 0.2) is 9.84 Å². The highest BCUT2D eigenvalue weighted by molar-refractivity contribution is 7.90. The van der Waals surface area contributed by atoms with Gasteiger partial charge in [-0.15, -0.1) is 0 Å². The van der Waals surface area contributed by atoms with Crippen molar-refractivity contribution in [3.05, 3.63) is 51.1 Å². The topological polar surface area (TPSA) is 90.8 Å². The molecule has 0 saturated carbocycles. The van der Waals surface area contributed by atoms with Gasteiger partial charge in [0.25, 0.3) is 0 Å². The number of aromatic carboxylic acids is 1. The Balaban J connectivity index is 1.79. The van der Waals surface area contributed by atoms with Gasteiger partial charge >= 0.3 is 12.1 Å². The van der Waals surface area contributed by atoms with Crippen LogP contribution in [0, 0.1) is 0 Å². The van der Waals surface area contributed by atoms with Crippen LogP contribution in [-0.2, 0) is 22.6 Å². The van der Waals surface area contributed by atoms with Crippen LogP contribution < -0.4 is 4.90 Å². The van der Waals surface area contributed by atoms with Crippen molar-refractivity contribution >= 4 is 44.8 Å². The van der Waals surface area contributed by atoms with Crippen molar-refractivity contribution < 1.29 is 31.5 Å². The van der Waals surface area contributed by atoms with Gasteiger partial charge in [-0.3, -0.25) is 4.90 Å². The third kappa shape index (κ3) is 5.28. The maximum atomic E-state index is 12.8. The van der Waals surface area contributed by atoms with Crippen LogP contribution in [0.25, 0.3) is 0 Å². The molecule has 1 aromatic carbocycles. The lowest BCUT2D eigenvalue weighted by Gasteiger charge is -2.36. The standard InChI is InChI=1S/C19H18Cl2F3N3O4S/c1-32(30,31)15-3-2-12(18(28)29)16(21)13(15)10-26-4-6-27(7-5-26)17-14(20)8-11(9-25-17)19(22,23)24/h2-3,8-9H,4-7,10H2,1H3,(H,28,29). The molecule has 13 heteroatoms. The van der Waals surface area contributed by atoms with Gasteiger partial charge < -0.3 is 10.0 Å². The predicted molar refractivity (Wildman–Crippen MR) is 113 cm³/mol. The van der Waals surface area contributed by atoms with Crippen molar-refractivity contribution in [3.8, 4) is 0 Å². The van der Waals surface area contributed by atoms with Gasteiger partial charge in [-0.25, -0.2) is 18.2 Å². The molecule has 1 saturated heterocycles. The summed E-state index contributed by atoms with van der Waals surface area (Å²) in [5.74, 6) is -1.05. The van der Waals surface area contributed by atoms with Gasteiger partial charge in [-0.2, -0.15) is 13.2 Å². The van der Waals surface area contributed by atoms with Crippen LogP contribution in [0.5, 0.6) is 0 Å². The Morgan fingerprint density at radius 1 is 1.19 bits per heavy atom. The van der Waals surface area contributed by atoms with Crippen LogP contribution in [0.15, 0.2) is 29.3 Å². The fourth-order valence-corrected chi connectivity index (χ4v) is 5.00. The summed E-state index contributed by atoms with van der Waals surface area (Å²) in [5.41, 5.74) is -0.951. The van der Waals surface area contributed by atoms with E-state index < -0.39 is 27.5 Å². The number of anilines is 1. The molecule has 0 spiro atoms. The third-order valence-electron chi connectivity index (χ3n) is 5.03. The van der Waals surface area contributed by atoms with E-state index in [4.69, 9.17) is 23.2 Å². The molecule has 0 aliphatic carbocycles. The molecule has 2 heterocycles.